The molecule has 0 radical (unpaired) electrons. The molecule has 0 heterocycles. The summed E-state index contributed by atoms with van der Waals surface area (Å²) in [6, 6.07) is 8.32. The number of hydrogen-bond donors (Lipinski definition) is 1. The third-order valence-electron chi connectivity index (χ3n) is 7.62. The van der Waals surface area contributed by atoms with Crippen molar-refractivity contribution in [3.05, 3.63) is 35.4 Å². The van der Waals surface area contributed by atoms with Gasteiger partial charge in [-0.2, -0.15) is 0 Å². The molecule has 1 aromatic carbocycles. The standard InChI is InChI=1S/C33H58O2/c1-3-5-7-9-11-12-13-14-15-16-17-19-21-23-29-32(33(34)35)31-28-25-24-27-30(31)26-22-20-18-10-8-6-4-2/h24-25,27-28,32H,3-23,26,29H2,1-2H3,(H,34,35). The van der Waals surface area contributed by atoms with Gasteiger partial charge in [-0.25, -0.2) is 0 Å². The van der Waals surface area contributed by atoms with E-state index in [1.165, 1.54) is 134 Å². The number of rotatable bonds is 25. The average molecular weight is 487 g/mol. The third kappa shape index (κ3) is 16.9. The average Bonchev–Trinajstić information content (AvgIpc) is 2.86. The molecule has 0 spiro atoms. The molecule has 2 nitrogen and oxygen atoms in total. The molecular weight excluding hydrogens is 428 g/mol. The van der Waals surface area contributed by atoms with Crippen molar-refractivity contribution in [2.24, 2.45) is 0 Å². The Hall–Kier alpha value is -1.31. The number of carbonyl (C=O) groups is 1. The van der Waals surface area contributed by atoms with Crippen LogP contribution in [0.25, 0.3) is 0 Å². The van der Waals surface area contributed by atoms with Gasteiger partial charge in [-0.3, -0.25) is 4.79 Å². The fourth-order valence-corrected chi connectivity index (χ4v) is 5.33. The minimum Gasteiger partial charge on any atom is -0.481 e. The lowest BCUT2D eigenvalue weighted by Crippen LogP contribution is -2.14. The normalized spacial score (nSPS) is 12.2. The number of carboxylic acids is 1. The van der Waals surface area contributed by atoms with Crippen LogP contribution in [0.5, 0.6) is 0 Å². The number of unbranched alkanes of at least 4 members (excludes halogenated alkanes) is 19. The summed E-state index contributed by atoms with van der Waals surface area (Å²) in [5, 5.41) is 9.95. The zero-order valence-corrected chi connectivity index (χ0v) is 23.5. The molecule has 1 N–H and O–H groups in total. The van der Waals surface area contributed by atoms with E-state index >= 15 is 0 Å². The number of benzene rings is 1. The maximum Gasteiger partial charge on any atom is 0.310 e. The molecule has 0 aromatic heterocycles. The van der Waals surface area contributed by atoms with Crippen LogP contribution in [-0.4, -0.2) is 11.1 Å². The van der Waals surface area contributed by atoms with Crippen molar-refractivity contribution in [1.82, 2.24) is 0 Å². The number of aryl methyl sites for hydroxylation is 1. The van der Waals surface area contributed by atoms with E-state index in [9.17, 15) is 9.90 Å². The van der Waals surface area contributed by atoms with E-state index in [0.717, 1.165) is 24.8 Å². The summed E-state index contributed by atoms with van der Waals surface area (Å²) in [7, 11) is 0. The van der Waals surface area contributed by atoms with Crippen molar-refractivity contribution in [2.45, 2.75) is 167 Å². The van der Waals surface area contributed by atoms with Gasteiger partial charge < -0.3 is 5.11 Å². The van der Waals surface area contributed by atoms with Gasteiger partial charge in [-0.05, 0) is 30.4 Å². The molecule has 1 rings (SSSR count). The van der Waals surface area contributed by atoms with E-state index in [4.69, 9.17) is 0 Å². The van der Waals surface area contributed by atoms with E-state index in [0.29, 0.717) is 0 Å². The van der Waals surface area contributed by atoms with Crippen molar-refractivity contribution in [3.8, 4) is 0 Å². The summed E-state index contributed by atoms with van der Waals surface area (Å²) in [6.07, 6.45) is 29.6. The Morgan fingerprint density at radius 2 is 1.00 bits per heavy atom. The largest absolute Gasteiger partial charge is 0.481 e. The third-order valence-corrected chi connectivity index (χ3v) is 7.62. The number of hydrogen-bond acceptors (Lipinski definition) is 1. The number of aliphatic carboxylic acids is 1. The molecular formula is C33H58O2. The van der Waals surface area contributed by atoms with Crippen molar-refractivity contribution in [1.29, 1.82) is 0 Å². The Bertz CT molecular complexity index is 609. The summed E-state index contributed by atoms with van der Waals surface area (Å²) < 4.78 is 0. The quantitative estimate of drug-likeness (QED) is 0.139. The van der Waals surface area contributed by atoms with Crippen LogP contribution in [0, 0.1) is 0 Å². The smallest absolute Gasteiger partial charge is 0.310 e. The van der Waals surface area contributed by atoms with Gasteiger partial charge in [-0.15, -0.1) is 0 Å². The van der Waals surface area contributed by atoms with Crippen molar-refractivity contribution >= 4 is 5.97 Å². The molecule has 0 saturated carbocycles. The van der Waals surface area contributed by atoms with Gasteiger partial charge >= 0.3 is 5.97 Å². The predicted octanol–water partition coefficient (Wildman–Crippen LogP) is 11.0. The highest BCUT2D eigenvalue weighted by atomic mass is 16.4. The Balaban J connectivity index is 2.20. The summed E-state index contributed by atoms with van der Waals surface area (Å²) in [5.74, 6) is -0.986. The predicted molar refractivity (Wildman–Crippen MR) is 153 cm³/mol. The molecule has 0 aliphatic heterocycles. The van der Waals surface area contributed by atoms with Crippen LogP contribution in [0.15, 0.2) is 24.3 Å². The van der Waals surface area contributed by atoms with Crippen LogP contribution in [0.2, 0.25) is 0 Å². The zero-order chi connectivity index (χ0) is 25.4. The molecule has 0 aliphatic carbocycles. The summed E-state index contributed by atoms with van der Waals surface area (Å²) in [5.41, 5.74) is 2.33. The van der Waals surface area contributed by atoms with E-state index < -0.39 is 5.97 Å². The van der Waals surface area contributed by atoms with Crippen LogP contribution in [-0.2, 0) is 11.2 Å². The molecule has 0 fully saturated rings. The van der Waals surface area contributed by atoms with Crippen LogP contribution in [0.4, 0.5) is 0 Å². The highest BCUT2D eigenvalue weighted by molar-refractivity contribution is 5.76. The highest BCUT2D eigenvalue weighted by Gasteiger charge is 2.21. The first-order chi connectivity index (χ1) is 17.2. The van der Waals surface area contributed by atoms with Gasteiger partial charge in [-0.1, -0.05) is 167 Å². The Morgan fingerprint density at radius 1 is 0.600 bits per heavy atom. The fourth-order valence-electron chi connectivity index (χ4n) is 5.33. The second-order valence-corrected chi connectivity index (χ2v) is 10.8. The minimum atomic E-state index is -0.647. The Morgan fingerprint density at radius 3 is 1.46 bits per heavy atom. The molecule has 0 amide bonds. The Labute approximate surface area is 218 Å². The Kier molecular flexibility index (Phi) is 20.9. The van der Waals surface area contributed by atoms with Crippen molar-refractivity contribution in [3.63, 3.8) is 0 Å². The van der Waals surface area contributed by atoms with Crippen LogP contribution in [0.3, 0.4) is 0 Å². The fraction of sp³-hybridized carbons (Fsp3) is 0.788. The molecule has 202 valence electrons. The molecule has 0 bridgehead atoms. The van der Waals surface area contributed by atoms with Gasteiger partial charge in [0.1, 0.15) is 0 Å². The SMILES string of the molecule is CCCCCCCCCCCCCCCCC(C(=O)O)c1ccccc1CCCCCCCCC. The van der Waals surface area contributed by atoms with Crippen molar-refractivity contribution < 1.29 is 9.90 Å². The van der Waals surface area contributed by atoms with Gasteiger partial charge in [0.05, 0.1) is 5.92 Å². The summed E-state index contributed by atoms with van der Waals surface area (Å²) in [4.78, 5) is 12.1. The lowest BCUT2D eigenvalue weighted by Gasteiger charge is -2.17. The minimum absolute atomic E-state index is 0.340. The summed E-state index contributed by atoms with van der Waals surface area (Å²) >= 11 is 0. The lowest BCUT2D eigenvalue weighted by molar-refractivity contribution is -0.139. The second-order valence-electron chi connectivity index (χ2n) is 10.8. The molecule has 2 heteroatoms. The van der Waals surface area contributed by atoms with E-state index in [1.807, 2.05) is 6.07 Å². The maximum atomic E-state index is 12.1. The lowest BCUT2D eigenvalue weighted by atomic mass is 9.87. The van der Waals surface area contributed by atoms with E-state index in [1.54, 1.807) is 0 Å². The molecule has 1 unspecified atom stereocenters. The van der Waals surface area contributed by atoms with Gasteiger partial charge in [0.25, 0.3) is 0 Å². The first kappa shape index (κ1) is 31.7. The van der Waals surface area contributed by atoms with Gasteiger partial charge in [0, 0.05) is 0 Å². The molecule has 0 aliphatic rings. The first-order valence-corrected chi connectivity index (χ1v) is 15.5. The topological polar surface area (TPSA) is 37.3 Å². The van der Waals surface area contributed by atoms with E-state index in [-0.39, 0.29) is 5.92 Å². The van der Waals surface area contributed by atoms with Crippen LogP contribution in [0.1, 0.15) is 172 Å². The second kappa shape index (κ2) is 23.1. The zero-order valence-electron chi connectivity index (χ0n) is 23.5. The molecule has 35 heavy (non-hydrogen) atoms. The molecule has 1 atom stereocenters. The summed E-state index contributed by atoms with van der Waals surface area (Å²) in [6.45, 7) is 4.54. The monoisotopic (exact) mass is 486 g/mol. The highest BCUT2D eigenvalue weighted by Crippen LogP contribution is 2.28. The van der Waals surface area contributed by atoms with Gasteiger partial charge in [0.2, 0.25) is 0 Å². The van der Waals surface area contributed by atoms with Crippen molar-refractivity contribution in [2.75, 3.05) is 0 Å². The van der Waals surface area contributed by atoms with Crippen LogP contribution < -0.4 is 0 Å². The maximum absolute atomic E-state index is 12.1. The first-order valence-electron chi connectivity index (χ1n) is 15.5. The van der Waals surface area contributed by atoms with E-state index in [2.05, 4.69) is 32.0 Å². The molecule has 1 aromatic rings. The number of carboxylic acid groups (broad SMARTS) is 1. The van der Waals surface area contributed by atoms with Gasteiger partial charge in [0.15, 0.2) is 0 Å². The molecule has 0 saturated heterocycles. The van der Waals surface area contributed by atoms with Crippen LogP contribution >= 0.6 is 0 Å².